The standard InChI is InChI=1S/C46H43N7O4/c1-3-31(2)42(44(55)51-52-47)50-43(54)41(49-45(56)57-29-40-38-25-15-13-23-36(38)37-24-14-16-26-39(37)40)27-35-28-53(30-48-35)46(32-17-7-4-8-18-32,33-19-9-5-10-20-33)34-21-11-6-12-22-34/h4-26,28,30-31,40-42H,3,27,29H2,1-2H3,(H,49,56)(H,50,54)/t31-,41-,42-/m0/s1. The molecular weight excluding hydrogens is 715 g/mol. The maximum Gasteiger partial charge on any atom is 0.407 e. The van der Waals surface area contributed by atoms with E-state index in [1.807, 2.05) is 109 Å². The van der Waals surface area contributed by atoms with E-state index >= 15 is 0 Å². The quantitative estimate of drug-likeness (QED) is 0.0494. The molecular formula is C46H43N7O4. The molecule has 0 saturated carbocycles. The van der Waals surface area contributed by atoms with E-state index < -0.39 is 35.5 Å². The van der Waals surface area contributed by atoms with Crippen molar-refractivity contribution in [1.29, 1.82) is 0 Å². The molecule has 0 spiro atoms. The highest BCUT2D eigenvalue weighted by Gasteiger charge is 2.39. The monoisotopic (exact) mass is 757 g/mol. The van der Waals surface area contributed by atoms with Gasteiger partial charge in [0.25, 0.3) is 0 Å². The number of fused-ring (bicyclic) bond motifs is 3. The molecule has 2 N–H and O–H groups in total. The molecule has 0 radical (unpaired) electrons. The van der Waals surface area contributed by atoms with Crippen LogP contribution in [0.25, 0.3) is 21.6 Å². The highest BCUT2D eigenvalue weighted by molar-refractivity contribution is 5.92. The molecule has 286 valence electrons. The first-order chi connectivity index (χ1) is 27.8. The van der Waals surface area contributed by atoms with Crippen molar-refractivity contribution < 1.29 is 19.1 Å². The molecule has 0 aliphatic heterocycles. The van der Waals surface area contributed by atoms with Crippen molar-refractivity contribution in [3.63, 3.8) is 0 Å². The fraction of sp³-hybridized carbons (Fsp3) is 0.217. The molecule has 11 heteroatoms. The van der Waals surface area contributed by atoms with Gasteiger partial charge in [-0.2, -0.15) is 0 Å². The van der Waals surface area contributed by atoms with Crippen LogP contribution in [0.2, 0.25) is 0 Å². The van der Waals surface area contributed by atoms with Gasteiger partial charge < -0.3 is 19.9 Å². The second-order valence-electron chi connectivity index (χ2n) is 14.2. The summed E-state index contributed by atoms with van der Waals surface area (Å²) in [6.07, 6.45) is 3.29. The van der Waals surface area contributed by atoms with Crippen LogP contribution in [-0.4, -0.2) is 46.1 Å². The summed E-state index contributed by atoms with van der Waals surface area (Å²) in [5.41, 5.74) is 15.9. The van der Waals surface area contributed by atoms with Crippen LogP contribution in [0.3, 0.4) is 0 Å². The number of carbonyl (C=O) groups excluding carboxylic acids is 3. The summed E-state index contributed by atoms with van der Waals surface area (Å²) in [7, 11) is 0. The zero-order chi connectivity index (χ0) is 39.8. The van der Waals surface area contributed by atoms with Gasteiger partial charge in [-0.05, 0) is 55.5 Å². The molecule has 11 nitrogen and oxygen atoms in total. The largest absolute Gasteiger partial charge is 0.449 e. The Bertz CT molecular complexity index is 2250. The first-order valence-corrected chi connectivity index (χ1v) is 19.1. The molecule has 6 aromatic rings. The number of aromatic nitrogens is 2. The minimum Gasteiger partial charge on any atom is -0.449 e. The van der Waals surface area contributed by atoms with Gasteiger partial charge in [0, 0.05) is 23.4 Å². The summed E-state index contributed by atoms with van der Waals surface area (Å²) < 4.78 is 7.89. The van der Waals surface area contributed by atoms with Crippen LogP contribution in [0, 0.1) is 5.92 Å². The van der Waals surface area contributed by atoms with Gasteiger partial charge in [0.15, 0.2) is 0 Å². The van der Waals surface area contributed by atoms with Crippen molar-refractivity contribution in [1.82, 2.24) is 20.2 Å². The molecule has 57 heavy (non-hydrogen) atoms. The number of imidazole rings is 1. The van der Waals surface area contributed by atoms with Gasteiger partial charge in [-0.3, -0.25) is 9.59 Å². The summed E-state index contributed by atoms with van der Waals surface area (Å²) in [5, 5.41) is 8.81. The van der Waals surface area contributed by atoms with Gasteiger partial charge in [0.05, 0.1) is 18.1 Å². The van der Waals surface area contributed by atoms with Crippen LogP contribution in [0.1, 0.15) is 59.7 Å². The molecule has 0 saturated heterocycles. The number of hydrogen-bond donors (Lipinski definition) is 2. The van der Waals surface area contributed by atoms with Gasteiger partial charge in [0.2, 0.25) is 11.8 Å². The number of hydrogen-bond acceptors (Lipinski definition) is 5. The summed E-state index contributed by atoms with van der Waals surface area (Å²) in [6, 6.07) is 44.1. The Kier molecular flexibility index (Phi) is 11.6. The van der Waals surface area contributed by atoms with Crippen LogP contribution >= 0.6 is 0 Å². The van der Waals surface area contributed by atoms with E-state index in [9.17, 15) is 14.4 Å². The fourth-order valence-corrected chi connectivity index (χ4v) is 7.88. The maximum atomic E-state index is 14.2. The van der Waals surface area contributed by atoms with Crippen LogP contribution in [0.4, 0.5) is 4.79 Å². The van der Waals surface area contributed by atoms with E-state index in [0.29, 0.717) is 12.1 Å². The van der Waals surface area contributed by atoms with Gasteiger partial charge in [0.1, 0.15) is 18.2 Å². The molecule has 1 aliphatic rings. The van der Waals surface area contributed by atoms with Gasteiger partial charge in [-0.1, -0.05) is 160 Å². The fourth-order valence-electron chi connectivity index (χ4n) is 7.88. The Balaban J connectivity index is 1.21. The minimum atomic E-state index is -1.21. The highest BCUT2D eigenvalue weighted by Crippen LogP contribution is 2.45. The first-order valence-electron chi connectivity index (χ1n) is 19.1. The third-order valence-electron chi connectivity index (χ3n) is 10.9. The minimum absolute atomic E-state index is 0.0413. The lowest BCUT2D eigenvalue weighted by Gasteiger charge is -2.37. The maximum absolute atomic E-state index is 14.2. The third-order valence-corrected chi connectivity index (χ3v) is 10.9. The number of azide groups is 1. The molecule has 0 bridgehead atoms. The number of benzene rings is 5. The van der Waals surface area contributed by atoms with E-state index in [0.717, 1.165) is 38.9 Å². The summed E-state index contributed by atoms with van der Waals surface area (Å²) in [5.74, 6) is -2.01. The Hall–Kier alpha value is -6.97. The normalized spacial score (nSPS) is 13.6. The van der Waals surface area contributed by atoms with Crippen molar-refractivity contribution in [3.8, 4) is 11.1 Å². The molecule has 1 heterocycles. The molecule has 0 fully saturated rings. The van der Waals surface area contributed by atoms with Gasteiger partial charge in [-0.25, -0.2) is 9.78 Å². The van der Waals surface area contributed by atoms with Crippen LogP contribution in [0.15, 0.2) is 157 Å². The van der Waals surface area contributed by atoms with Crippen molar-refractivity contribution >= 4 is 17.9 Å². The number of alkyl carbamates (subject to hydrolysis) is 1. The lowest BCUT2D eigenvalue weighted by atomic mass is 9.77. The topological polar surface area (TPSA) is 151 Å². The molecule has 1 aromatic heterocycles. The predicted octanol–water partition coefficient (Wildman–Crippen LogP) is 8.54. The summed E-state index contributed by atoms with van der Waals surface area (Å²) >= 11 is 0. The number of amides is 3. The van der Waals surface area contributed by atoms with Crippen LogP contribution in [0.5, 0.6) is 0 Å². The van der Waals surface area contributed by atoms with E-state index in [2.05, 4.69) is 69.2 Å². The average molecular weight is 758 g/mol. The number of ether oxygens (including phenoxy) is 1. The van der Waals surface area contributed by atoms with E-state index in [1.54, 1.807) is 13.3 Å². The smallest absolute Gasteiger partial charge is 0.407 e. The van der Waals surface area contributed by atoms with Crippen molar-refractivity contribution in [2.45, 2.75) is 50.2 Å². The van der Waals surface area contributed by atoms with E-state index in [1.165, 1.54) is 0 Å². The number of rotatable bonds is 14. The van der Waals surface area contributed by atoms with E-state index in [4.69, 9.17) is 15.3 Å². The molecule has 5 aromatic carbocycles. The second kappa shape index (κ2) is 17.2. The van der Waals surface area contributed by atoms with Crippen molar-refractivity contribution in [2.75, 3.05) is 6.61 Å². The average Bonchev–Trinajstić information content (AvgIpc) is 3.85. The molecule has 3 amide bonds. The Morgan fingerprint density at radius 2 is 1.30 bits per heavy atom. The summed E-state index contributed by atoms with van der Waals surface area (Å²) in [4.78, 5) is 48.2. The molecule has 7 rings (SSSR count). The first kappa shape index (κ1) is 38.3. The number of nitrogens with one attached hydrogen (secondary N) is 2. The lowest BCUT2D eigenvalue weighted by molar-refractivity contribution is -0.129. The van der Waals surface area contributed by atoms with Gasteiger partial charge in [-0.15, -0.1) is 0 Å². The highest BCUT2D eigenvalue weighted by atomic mass is 16.5. The van der Waals surface area contributed by atoms with Crippen molar-refractivity contribution in [3.05, 3.63) is 196 Å². The molecule has 3 atom stereocenters. The molecule has 1 aliphatic carbocycles. The third kappa shape index (κ3) is 7.78. The lowest BCUT2D eigenvalue weighted by Crippen LogP contribution is -2.54. The number of carbonyl (C=O) groups is 3. The zero-order valence-corrected chi connectivity index (χ0v) is 31.7. The predicted molar refractivity (Wildman–Crippen MR) is 218 cm³/mol. The van der Waals surface area contributed by atoms with Crippen LogP contribution < -0.4 is 10.6 Å². The Morgan fingerprint density at radius 3 is 1.81 bits per heavy atom. The number of nitrogens with zero attached hydrogens (tertiary/aromatic N) is 5. The Morgan fingerprint density at radius 1 is 0.789 bits per heavy atom. The Labute approximate surface area is 331 Å². The second-order valence-corrected chi connectivity index (χ2v) is 14.2. The van der Waals surface area contributed by atoms with Gasteiger partial charge >= 0.3 is 6.09 Å². The van der Waals surface area contributed by atoms with Crippen LogP contribution in [-0.2, 0) is 26.3 Å². The van der Waals surface area contributed by atoms with Crippen molar-refractivity contribution in [2.24, 2.45) is 11.0 Å². The zero-order valence-electron chi connectivity index (χ0n) is 31.7. The SMILES string of the molecule is CC[C@H](C)[C@H](NC(=O)[C@H](Cc1cn(C(c2ccccc2)(c2ccccc2)c2ccccc2)cn1)NC(=O)OCC1c2ccccc2-c2ccccc21)C(=O)N=[N+]=[N-]. The molecule has 0 unspecified atom stereocenters. The van der Waals surface area contributed by atoms with E-state index in [-0.39, 0.29) is 24.9 Å². The summed E-state index contributed by atoms with van der Waals surface area (Å²) in [6.45, 7) is 3.69.